The van der Waals surface area contributed by atoms with E-state index in [4.69, 9.17) is 4.74 Å². The highest BCUT2D eigenvalue weighted by Crippen LogP contribution is 2.29. The van der Waals surface area contributed by atoms with Crippen molar-refractivity contribution in [3.05, 3.63) is 22.5 Å². The van der Waals surface area contributed by atoms with Crippen LogP contribution in [0.1, 0.15) is 85.0 Å². The smallest absolute Gasteiger partial charge is 0.354 e. The van der Waals surface area contributed by atoms with Crippen molar-refractivity contribution in [3.8, 4) is 0 Å². The van der Waals surface area contributed by atoms with E-state index in [-0.39, 0.29) is 17.6 Å². The number of methoxy groups -OCH3 is 1. The van der Waals surface area contributed by atoms with Crippen LogP contribution in [-0.2, 0) is 16.6 Å². The van der Waals surface area contributed by atoms with Crippen molar-refractivity contribution in [1.29, 1.82) is 0 Å². The maximum absolute atomic E-state index is 13.5. The highest BCUT2D eigenvalue weighted by atomic mass is 16.5. The molecule has 0 saturated heterocycles. The number of rotatable bonds is 8. The van der Waals surface area contributed by atoms with Gasteiger partial charge >= 0.3 is 5.97 Å². The Kier molecular flexibility index (Phi) is 7.66. The van der Waals surface area contributed by atoms with Gasteiger partial charge in [0.1, 0.15) is 5.69 Å². The monoisotopic (exact) mass is 404 g/mol. The number of carbonyl (C=O) groups excluding carboxylic acids is 3. The Bertz CT molecular complexity index is 772. The molecule has 1 aliphatic carbocycles. The molecule has 1 heterocycles. The van der Waals surface area contributed by atoms with Crippen molar-refractivity contribution < 1.29 is 19.1 Å². The third-order valence-electron chi connectivity index (χ3n) is 6.34. The molecular formula is C23H36N2O4. The summed E-state index contributed by atoms with van der Waals surface area (Å²) in [6, 6.07) is -0.563. The summed E-state index contributed by atoms with van der Waals surface area (Å²) in [7, 11) is 3.10. The second-order valence-corrected chi connectivity index (χ2v) is 8.72. The molecule has 0 N–H and O–H groups in total. The predicted octanol–water partition coefficient (Wildman–Crippen LogP) is 4.06. The predicted molar refractivity (Wildman–Crippen MR) is 113 cm³/mol. The van der Waals surface area contributed by atoms with E-state index >= 15 is 0 Å². The summed E-state index contributed by atoms with van der Waals surface area (Å²) < 4.78 is 6.60. The van der Waals surface area contributed by atoms with E-state index in [1.807, 2.05) is 13.8 Å². The van der Waals surface area contributed by atoms with Gasteiger partial charge in [0.2, 0.25) is 5.91 Å². The lowest BCUT2D eigenvalue weighted by molar-refractivity contribution is -0.136. The van der Waals surface area contributed by atoms with Crippen LogP contribution in [0.4, 0.5) is 0 Å². The lowest BCUT2D eigenvalue weighted by Crippen LogP contribution is -2.46. The number of ketones is 1. The van der Waals surface area contributed by atoms with Gasteiger partial charge in [0, 0.05) is 30.8 Å². The third kappa shape index (κ3) is 4.73. The summed E-state index contributed by atoms with van der Waals surface area (Å²) in [4.78, 5) is 40.7. The van der Waals surface area contributed by atoms with Gasteiger partial charge in [-0.1, -0.05) is 26.7 Å². The minimum absolute atomic E-state index is 0.0287. The van der Waals surface area contributed by atoms with E-state index in [9.17, 15) is 14.4 Å². The fraction of sp³-hybridized carbons (Fsp3) is 0.696. The lowest BCUT2D eigenvalue weighted by atomic mass is 9.97. The minimum Gasteiger partial charge on any atom is -0.464 e. The standard InChI is InChI=1S/C23H36N2O4/c1-14(2)12-13-25(22(27)18-10-8-9-11-18)17(5)21(26)19-15(3)20(23(28)29-7)24(6)16(19)4/h14,17-18H,8-13H2,1-7H3. The Morgan fingerprint density at radius 3 is 2.24 bits per heavy atom. The number of Topliss-reactive ketones (excluding diaryl/α,β-unsaturated/α-hetero) is 1. The maximum Gasteiger partial charge on any atom is 0.354 e. The van der Waals surface area contributed by atoms with Gasteiger partial charge in [0.25, 0.3) is 0 Å². The molecule has 0 bridgehead atoms. The van der Waals surface area contributed by atoms with E-state index in [1.165, 1.54) is 7.11 Å². The number of hydrogen-bond donors (Lipinski definition) is 0. The molecule has 29 heavy (non-hydrogen) atoms. The molecule has 1 aliphatic rings. The molecule has 1 saturated carbocycles. The van der Waals surface area contributed by atoms with E-state index in [2.05, 4.69) is 13.8 Å². The van der Waals surface area contributed by atoms with Gasteiger partial charge in [-0.05, 0) is 51.5 Å². The Balaban J connectivity index is 2.37. The van der Waals surface area contributed by atoms with Crippen LogP contribution >= 0.6 is 0 Å². The van der Waals surface area contributed by atoms with Crippen molar-refractivity contribution in [1.82, 2.24) is 9.47 Å². The van der Waals surface area contributed by atoms with Crippen molar-refractivity contribution in [2.45, 2.75) is 72.8 Å². The van der Waals surface area contributed by atoms with Crippen LogP contribution in [0.5, 0.6) is 0 Å². The number of esters is 1. The second-order valence-electron chi connectivity index (χ2n) is 8.72. The fourth-order valence-electron chi connectivity index (χ4n) is 4.38. The van der Waals surface area contributed by atoms with Crippen LogP contribution in [-0.4, -0.2) is 46.8 Å². The van der Waals surface area contributed by atoms with Gasteiger partial charge < -0.3 is 14.2 Å². The summed E-state index contributed by atoms with van der Waals surface area (Å²) in [6.07, 6.45) is 4.84. The van der Waals surface area contributed by atoms with Crippen LogP contribution in [0, 0.1) is 25.7 Å². The quantitative estimate of drug-likeness (QED) is 0.484. The van der Waals surface area contributed by atoms with Crippen molar-refractivity contribution in [2.24, 2.45) is 18.9 Å². The summed E-state index contributed by atoms with van der Waals surface area (Å²) in [5.41, 5.74) is 2.24. The van der Waals surface area contributed by atoms with Crippen LogP contribution in [0.15, 0.2) is 0 Å². The van der Waals surface area contributed by atoms with Gasteiger partial charge in [-0.3, -0.25) is 9.59 Å². The largest absolute Gasteiger partial charge is 0.464 e. The van der Waals surface area contributed by atoms with Crippen LogP contribution in [0.3, 0.4) is 0 Å². The second kappa shape index (κ2) is 9.59. The Hall–Kier alpha value is -2.11. The number of nitrogens with zero attached hydrogens (tertiary/aromatic N) is 2. The Labute approximate surface area is 174 Å². The van der Waals surface area contributed by atoms with Gasteiger partial charge in [-0.25, -0.2) is 4.79 Å². The zero-order valence-corrected chi connectivity index (χ0v) is 19.0. The highest BCUT2D eigenvalue weighted by molar-refractivity contribution is 6.06. The molecule has 0 spiro atoms. The van der Waals surface area contributed by atoms with Crippen molar-refractivity contribution in [3.63, 3.8) is 0 Å². The first-order valence-corrected chi connectivity index (χ1v) is 10.7. The van der Waals surface area contributed by atoms with Crippen LogP contribution in [0.2, 0.25) is 0 Å². The fourth-order valence-corrected chi connectivity index (χ4v) is 4.38. The zero-order valence-electron chi connectivity index (χ0n) is 19.0. The van der Waals surface area contributed by atoms with Crippen LogP contribution < -0.4 is 0 Å². The highest BCUT2D eigenvalue weighted by Gasteiger charge is 2.35. The first-order valence-electron chi connectivity index (χ1n) is 10.7. The lowest BCUT2D eigenvalue weighted by Gasteiger charge is -2.31. The Morgan fingerprint density at radius 2 is 1.72 bits per heavy atom. The van der Waals surface area contributed by atoms with Crippen molar-refractivity contribution in [2.75, 3.05) is 13.7 Å². The average molecular weight is 405 g/mol. The van der Waals surface area contributed by atoms with E-state index in [0.717, 1.165) is 37.8 Å². The van der Waals surface area contributed by atoms with E-state index in [1.54, 1.807) is 23.4 Å². The number of hydrogen-bond acceptors (Lipinski definition) is 4. The minimum atomic E-state index is -0.563. The molecular weight excluding hydrogens is 368 g/mol. The van der Waals surface area contributed by atoms with Gasteiger partial charge in [0.15, 0.2) is 5.78 Å². The van der Waals surface area contributed by atoms with Gasteiger partial charge in [-0.15, -0.1) is 0 Å². The molecule has 2 rings (SSSR count). The molecule has 1 aromatic heterocycles. The molecule has 6 nitrogen and oxygen atoms in total. The molecule has 162 valence electrons. The van der Waals surface area contributed by atoms with Gasteiger partial charge in [-0.2, -0.15) is 0 Å². The number of ether oxygens (including phenoxy) is 1. The molecule has 6 heteroatoms. The SMILES string of the molecule is COC(=O)c1c(C)c(C(=O)C(C)N(CCC(C)C)C(=O)C2CCCC2)c(C)n1C. The molecule has 1 atom stereocenters. The molecule has 1 amide bonds. The summed E-state index contributed by atoms with van der Waals surface area (Å²) in [5.74, 6) is 0.00565. The molecule has 1 fully saturated rings. The molecule has 0 aromatic carbocycles. The third-order valence-corrected chi connectivity index (χ3v) is 6.34. The summed E-state index contributed by atoms with van der Waals surface area (Å²) in [6.45, 7) is 10.2. The summed E-state index contributed by atoms with van der Waals surface area (Å²) in [5, 5.41) is 0. The topological polar surface area (TPSA) is 68.6 Å². The van der Waals surface area contributed by atoms with E-state index < -0.39 is 12.0 Å². The van der Waals surface area contributed by atoms with Gasteiger partial charge in [0.05, 0.1) is 13.2 Å². The normalized spacial score (nSPS) is 15.6. The average Bonchev–Trinajstić information content (AvgIpc) is 3.28. The number of aromatic nitrogens is 1. The molecule has 1 unspecified atom stereocenters. The molecule has 0 aliphatic heterocycles. The molecule has 1 aromatic rings. The molecule has 0 radical (unpaired) electrons. The number of carbonyl (C=O) groups is 3. The summed E-state index contributed by atoms with van der Waals surface area (Å²) >= 11 is 0. The van der Waals surface area contributed by atoms with Crippen LogP contribution in [0.25, 0.3) is 0 Å². The first kappa shape index (κ1) is 23.2. The number of amides is 1. The first-order chi connectivity index (χ1) is 13.6. The Morgan fingerprint density at radius 1 is 1.14 bits per heavy atom. The van der Waals surface area contributed by atoms with Crippen molar-refractivity contribution >= 4 is 17.7 Å². The maximum atomic E-state index is 13.5. The zero-order chi connectivity index (χ0) is 21.9. The van der Waals surface area contributed by atoms with E-state index in [0.29, 0.717) is 29.3 Å².